The van der Waals surface area contributed by atoms with Gasteiger partial charge in [-0.25, -0.2) is 0 Å². The van der Waals surface area contributed by atoms with Crippen LogP contribution in [0.25, 0.3) is 23.1 Å². The molecule has 0 aliphatic heterocycles. The summed E-state index contributed by atoms with van der Waals surface area (Å²) >= 11 is 15.4. The summed E-state index contributed by atoms with van der Waals surface area (Å²) in [5.41, 5.74) is 3.26. The van der Waals surface area contributed by atoms with E-state index in [0.29, 0.717) is 10.0 Å². The minimum absolute atomic E-state index is 0.565. The van der Waals surface area contributed by atoms with Crippen LogP contribution < -0.4 is 0 Å². The van der Waals surface area contributed by atoms with Gasteiger partial charge >= 0.3 is 0 Å². The van der Waals surface area contributed by atoms with Gasteiger partial charge in [-0.2, -0.15) is 0 Å². The first kappa shape index (κ1) is 13.7. The number of halogens is 3. The molecule has 0 radical (unpaired) electrons. The number of hydrogen-bond donors (Lipinski definition) is 1. The van der Waals surface area contributed by atoms with Crippen molar-refractivity contribution >= 4 is 62.2 Å². The Morgan fingerprint density at radius 3 is 2.60 bits per heavy atom. The summed E-state index contributed by atoms with van der Waals surface area (Å²) < 4.78 is 1.06. The molecule has 0 saturated heterocycles. The quantitative estimate of drug-likeness (QED) is 0.539. The standard InChI is InChI=1S/C16H10BrCl2N/c17-12-4-6-16-13(8-12)11(9-20-16)3-1-10-2-5-14(18)15(19)7-10/h1-9,20H/b3-1+. The largest absolute Gasteiger partial charge is 0.361 e. The molecular weight excluding hydrogens is 357 g/mol. The zero-order valence-corrected chi connectivity index (χ0v) is 13.4. The number of aromatic amines is 1. The maximum absolute atomic E-state index is 6.01. The molecular formula is C16H10BrCl2N. The molecule has 0 bridgehead atoms. The highest BCUT2D eigenvalue weighted by Gasteiger charge is 2.02. The van der Waals surface area contributed by atoms with Gasteiger partial charge in [0, 0.05) is 21.6 Å². The Balaban J connectivity index is 1.97. The number of benzene rings is 2. The van der Waals surface area contributed by atoms with Crippen molar-refractivity contribution in [1.29, 1.82) is 0 Å². The first-order valence-corrected chi connectivity index (χ1v) is 7.58. The van der Waals surface area contributed by atoms with Gasteiger partial charge in [-0.15, -0.1) is 0 Å². The fourth-order valence-electron chi connectivity index (χ4n) is 2.05. The van der Waals surface area contributed by atoms with Gasteiger partial charge in [0.05, 0.1) is 10.0 Å². The number of fused-ring (bicyclic) bond motifs is 1. The second-order valence-corrected chi connectivity index (χ2v) is 6.17. The Bertz CT molecular complexity index is 805. The van der Waals surface area contributed by atoms with Crippen molar-refractivity contribution < 1.29 is 0 Å². The number of rotatable bonds is 2. The lowest BCUT2D eigenvalue weighted by Gasteiger charge is -1.98. The molecule has 0 spiro atoms. The zero-order chi connectivity index (χ0) is 14.1. The molecule has 0 atom stereocenters. The maximum atomic E-state index is 6.01. The van der Waals surface area contributed by atoms with Gasteiger partial charge in [0.15, 0.2) is 0 Å². The van der Waals surface area contributed by atoms with Gasteiger partial charge in [-0.05, 0) is 41.5 Å². The van der Waals surface area contributed by atoms with Crippen LogP contribution in [0.3, 0.4) is 0 Å². The average molecular weight is 367 g/mol. The first-order valence-electron chi connectivity index (χ1n) is 6.03. The Hall–Kier alpha value is -1.22. The minimum atomic E-state index is 0.565. The van der Waals surface area contributed by atoms with E-state index in [9.17, 15) is 0 Å². The maximum Gasteiger partial charge on any atom is 0.0598 e. The number of nitrogens with one attached hydrogen (secondary N) is 1. The van der Waals surface area contributed by atoms with Gasteiger partial charge in [0.2, 0.25) is 0 Å². The molecule has 0 saturated carbocycles. The molecule has 1 heterocycles. The SMILES string of the molecule is Clc1ccc(/C=C/c2c[nH]c3ccc(Br)cc23)cc1Cl. The topological polar surface area (TPSA) is 15.8 Å². The van der Waals surface area contributed by atoms with E-state index in [-0.39, 0.29) is 0 Å². The molecule has 3 rings (SSSR count). The van der Waals surface area contributed by atoms with Crippen LogP contribution in [0.2, 0.25) is 10.0 Å². The monoisotopic (exact) mass is 365 g/mol. The molecule has 3 aromatic rings. The number of hydrogen-bond acceptors (Lipinski definition) is 0. The normalized spacial score (nSPS) is 11.6. The van der Waals surface area contributed by atoms with Crippen molar-refractivity contribution in [2.24, 2.45) is 0 Å². The molecule has 0 aliphatic rings. The molecule has 0 amide bonds. The highest BCUT2D eigenvalue weighted by Crippen LogP contribution is 2.26. The third kappa shape index (κ3) is 2.78. The van der Waals surface area contributed by atoms with Gasteiger partial charge in [0.1, 0.15) is 0 Å². The summed E-state index contributed by atoms with van der Waals surface area (Å²) in [5, 5.41) is 2.31. The van der Waals surface area contributed by atoms with E-state index in [1.807, 2.05) is 30.5 Å². The summed E-state index contributed by atoms with van der Waals surface area (Å²) in [6, 6.07) is 11.8. The van der Waals surface area contributed by atoms with Gasteiger partial charge in [-0.1, -0.05) is 57.4 Å². The van der Waals surface area contributed by atoms with Gasteiger partial charge in [-0.3, -0.25) is 0 Å². The molecule has 4 heteroatoms. The summed E-state index contributed by atoms with van der Waals surface area (Å²) in [7, 11) is 0. The second-order valence-electron chi connectivity index (χ2n) is 4.44. The third-order valence-corrected chi connectivity index (χ3v) is 4.31. The minimum Gasteiger partial charge on any atom is -0.361 e. The van der Waals surface area contributed by atoms with Gasteiger partial charge in [0.25, 0.3) is 0 Å². The Kier molecular flexibility index (Phi) is 3.88. The number of aromatic nitrogens is 1. The lowest BCUT2D eigenvalue weighted by molar-refractivity contribution is 1.47. The summed E-state index contributed by atoms with van der Waals surface area (Å²) in [6.07, 6.45) is 6.07. The molecule has 1 aromatic heterocycles. The van der Waals surface area contributed by atoms with Crippen LogP contribution in [0.15, 0.2) is 47.1 Å². The highest BCUT2D eigenvalue weighted by molar-refractivity contribution is 9.10. The fraction of sp³-hybridized carbons (Fsp3) is 0. The summed E-state index contributed by atoms with van der Waals surface area (Å²) in [4.78, 5) is 3.25. The Morgan fingerprint density at radius 1 is 0.950 bits per heavy atom. The van der Waals surface area contributed by atoms with Crippen molar-refractivity contribution in [3.63, 3.8) is 0 Å². The predicted molar refractivity (Wildman–Crippen MR) is 91.4 cm³/mol. The van der Waals surface area contributed by atoms with Crippen LogP contribution in [-0.4, -0.2) is 4.98 Å². The van der Waals surface area contributed by atoms with E-state index >= 15 is 0 Å². The van der Waals surface area contributed by atoms with Crippen molar-refractivity contribution in [3.05, 3.63) is 68.2 Å². The molecule has 1 N–H and O–H groups in total. The van der Waals surface area contributed by atoms with E-state index in [1.165, 1.54) is 5.39 Å². The van der Waals surface area contributed by atoms with Crippen molar-refractivity contribution in [2.45, 2.75) is 0 Å². The summed E-state index contributed by atoms with van der Waals surface area (Å²) in [6.45, 7) is 0. The lowest BCUT2D eigenvalue weighted by atomic mass is 10.1. The fourth-order valence-corrected chi connectivity index (χ4v) is 2.72. The predicted octanol–water partition coefficient (Wildman–Crippen LogP) is 6.41. The van der Waals surface area contributed by atoms with Crippen LogP contribution >= 0.6 is 39.1 Å². The average Bonchev–Trinajstić information content (AvgIpc) is 2.82. The highest BCUT2D eigenvalue weighted by atomic mass is 79.9. The van der Waals surface area contributed by atoms with E-state index in [2.05, 4.69) is 39.1 Å². The second kappa shape index (κ2) is 5.65. The van der Waals surface area contributed by atoms with E-state index in [0.717, 1.165) is 21.1 Å². The van der Waals surface area contributed by atoms with E-state index < -0.39 is 0 Å². The smallest absolute Gasteiger partial charge is 0.0598 e. The molecule has 0 fully saturated rings. The summed E-state index contributed by atoms with van der Waals surface area (Å²) in [5.74, 6) is 0. The van der Waals surface area contributed by atoms with Gasteiger partial charge < -0.3 is 4.98 Å². The molecule has 100 valence electrons. The lowest BCUT2D eigenvalue weighted by Crippen LogP contribution is -1.74. The van der Waals surface area contributed by atoms with Crippen LogP contribution in [0.4, 0.5) is 0 Å². The molecule has 2 aromatic carbocycles. The molecule has 0 unspecified atom stereocenters. The zero-order valence-electron chi connectivity index (χ0n) is 10.3. The molecule has 20 heavy (non-hydrogen) atoms. The van der Waals surface area contributed by atoms with Crippen LogP contribution in [0, 0.1) is 0 Å². The van der Waals surface area contributed by atoms with Crippen molar-refractivity contribution in [1.82, 2.24) is 4.98 Å². The third-order valence-electron chi connectivity index (χ3n) is 3.07. The Morgan fingerprint density at radius 2 is 1.80 bits per heavy atom. The Labute approximate surface area is 135 Å². The first-order chi connectivity index (χ1) is 9.63. The van der Waals surface area contributed by atoms with E-state index in [1.54, 1.807) is 6.07 Å². The van der Waals surface area contributed by atoms with Crippen molar-refractivity contribution in [3.8, 4) is 0 Å². The molecule has 1 nitrogen and oxygen atoms in total. The van der Waals surface area contributed by atoms with Crippen LogP contribution in [-0.2, 0) is 0 Å². The van der Waals surface area contributed by atoms with Crippen LogP contribution in [0.5, 0.6) is 0 Å². The molecule has 0 aliphatic carbocycles. The van der Waals surface area contributed by atoms with Crippen molar-refractivity contribution in [2.75, 3.05) is 0 Å². The van der Waals surface area contributed by atoms with Crippen LogP contribution in [0.1, 0.15) is 11.1 Å². The number of H-pyrrole nitrogens is 1. The van der Waals surface area contributed by atoms with E-state index in [4.69, 9.17) is 23.2 Å².